The zero-order valence-electron chi connectivity index (χ0n) is 14.6. The van der Waals surface area contributed by atoms with Gasteiger partial charge in [-0.05, 0) is 30.6 Å². The molecule has 4 aliphatic rings. The highest BCUT2D eigenvalue weighted by molar-refractivity contribution is 5.92. The van der Waals surface area contributed by atoms with Crippen molar-refractivity contribution in [2.45, 2.75) is 37.1 Å². The fraction of sp³-hybridized carbons (Fsp3) is 0.824. The number of carbonyl (C=O) groups excluding carboxylic acids is 1. The maximum Gasteiger partial charge on any atom is 0.276 e. The number of carbonyl (C=O) groups is 1. The van der Waals surface area contributed by atoms with E-state index in [0.29, 0.717) is 36.7 Å². The molecule has 1 aromatic rings. The molecule has 2 bridgehead atoms. The zero-order valence-corrected chi connectivity index (χ0v) is 14.6. The lowest BCUT2D eigenvalue weighted by molar-refractivity contribution is 0.0110. The zero-order chi connectivity index (χ0) is 17.1. The van der Waals surface area contributed by atoms with Gasteiger partial charge in [0.1, 0.15) is 12.1 Å². The van der Waals surface area contributed by atoms with Crippen LogP contribution in [0, 0.1) is 17.8 Å². The van der Waals surface area contributed by atoms with Gasteiger partial charge in [-0.25, -0.2) is 4.68 Å². The van der Waals surface area contributed by atoms with E-state index in [4.69, 9.17) is 14.2 Å². The Morgan fingerprint density at radius 2 is 2.12 bits per heavy atom. The van der Waals surface area contributed by atoms with E-state index in [9.17, 15) is 4.79 Å². The van der Waals surface area contributed by atoms with E-state index in [1.165, 1.54) is 12.8 Å². The minimum Gasteiger partial charge on any atom is -0.379 e. The lowest BCUT2D eigenvalue weighted by atomic mass is 9.88. The number of rotatable bonds is 4. The minimum atomic E-state index is -0.0549. The minimum absolute atomic E-state index is 0.0266. The number of fused-ring (bicyclic) bond motifs is 1. The monoisotopic (exact) mass is 348 g/mol. The van der Waals surface area contributed by atoms with Gasteiger partial charge in [-0.1, -0.05) is 5.21 Å². The van der Waals surface area contributed by atoms with Crippen molar-refractivity contribution in [1.82, 2.24) is 19.9 Å². The number of hydrogen-bond acceptors (Lipinski definition) is 6. The van der Waals surface area contributed by atoms with Crippen molar-refractivity contribution in [2.75, 3.05) is 34.0 Å². The molecule has 0 radical (unpaired) electrons. The molecule has 25 heavy (non-hydrogen) atoms. The van der Waals surface area contributed by atoms with Crippen molar-refractivity contribution in [3.05, 3.63) is 11.9 Å². The maximum atomic E-state index is 13.1. The van der Waals surface area contributed by atoms with Crippen molar-refractivity contribution in [3.63, 3.8) is 0 Å². The summed E-state index contributed by atoms with van der Waals surface area (Å²) >= 11 is 0. The van der Waals surface area contributed by atoms with Gasteiger partial charge in [0.2, 0.25) is 0 Å². The molecule has 2 saturated heterocycles. The summed E-state index contributed by atoms with van der Waals surface area (Å²) < 4.78 is 18.3. The van der Waals surface area contributed by atoms with Crippen LogP contribution in [0.15, 0.2) is 6.20 Å². The summed E-state index contributed by atoms with van der Waals surface area (Å²) in [6.45, 7) is 1.89. The number of methoxy groups -OCH3 is 2. The molecule has 2 aliphatic heterocycles. The number of ether oxygens (including phenoxy) is 3. The number of amides is 1. The van der Waals surface area contributed by atoms with Gasteiger partial charge in [0.15, 0.2) is 5.69 Å². The van der Waals surface area contributed by atoms with Crippen LogP contribution in [0.4, 0.5) is 0 Å². The Labute approximate surface area is 146 Å². The van der Waals surface area contributed by atoms with Gasteiger partial charge in [-0.3, -0.25) is 4.79 Å². The lowest BCUT2D eigenvalue weighted by Gasteiger charge is -2.30. The number of likely N-dealkylation sites (tertiary alicyclic amines) is 1. The van der Waals surface area contributed by atoms with Gasteiger partial charge < -0.3 is 19.1 Å². The molecule has 5 unspecified atom stereocenters. The highest BCUT2D eigenvalue weighted by Crippen LogP contribution is 2.55. The summed E-state index contributed by atoms with van der Waals surface area (Å²) in [7, 11) is 3.43. The molecule has 0 spiro atoms. The Morgan fingerprint density at radius 3 is 2.92 bits per heavy atom. The fourth-order valence-electron chi connectivity index (χ4n) is 5.63. The molecule has 4 fully saturated rings. The second kappa shape index (κ2) is 5.75. The highest BCUT2D eigenvalue weighted by atomic mass is 16.5. The second-order valence-corrected chi connectivity index (χ2v) is 7.77. The Morgan fingerprint density at radius 1 is 1.24 bits per heavy atom. The van der Waals surface area contributed by atoms with Crippen LogP contribution in [-0.4, -0.2) is 78.0 Å². The summed E-state index contributed by atoms with van der Waals surface area (Å²) in [5, 5.41) is 8.32. The van der Waals surface area contributed by atoms with Crippen molar-refractivity contribution in [3.8, 4) is 0 Å². The molecular weight excluding hydrogens is 324 g/mol. The van der Waals surface area contributed by atoms with Crippen molar-refractivity contribution in [1.29, 1.82) is 0 Å². The van der Waals surface area contributed by atoms with Crippen LogP contribution < -0.4 is 0 Å². The summed E-state index contributed by atoms with van der Waals surface area (Å²) in [5.41, 5.74) is 0.404. The first-order valence-electron chi connectivity index (χ1n) is 9.07. The largest absolute Gasteiger partial charge is 0.379 e. The molecule has 136 valence electrons. The molecule has 2 aliphatic carbocycles. The van der Waals surface area contributed by atoms with Gasteiger partial charge >= 0.3 is 0 Å². The summed E-state index contributed by atoms with van der Waals surface area (Å²) in [4.78, 5) is 15.1. The average molecular weight is 348 g/mol. The molecule has 0 aromatic carbocycles. The molecule has 7 atom stereocenters. The first kappa shape index (κ1) is 15.7. The standard InChI is InChI=1S/C17H24N4O4/c1-23-14-8-25-7-13(14)21-6-12(18-19-21)17(22)20-5-10-3-9-4-11(10)15(20)16(9)24-2/h6,9-11,13-16H,3-5,7-8H2,1-2H3/t9?,10?,11?,13-,14-,15?,16?/m1/s1. The van der Waals surface area contributed by atoms with Gasteiger partial charge in [0.05, 0.1) is 31.6 Å². The number of hydrogen-bond donors (Lipinski definition) is 0. The fourth-order valence-corrected chi connectivity index (χ4v) is 5.63. The van der Waals surface area contributed by atoms with Crippen molar-refractivity contribution < 1.29 is 19.0 Å². The maximum absolute atomic E-state index is 13.1. The van der Waals surface area contributed by atoms with Crippen LogP contribution in [-0.2, 0) is 14.2 Å². The average Bonchev–Trinajstić information content (AvgIpc) is 3.39. The molecule has 3 heterocycles. The number of nitrogens with zero attached hydrogens (tertiary/aromatic N) is 4. The Kier molecular flexibility index (Phi) is 3.62. The SMILES string of the molecule is COC1C2CC3CN(C(=O)c4cn([C@@H]5COC[C@H]5OC)nn4)C1C3C2. The lowest BCUT2D eigenvalue weighted by Crippen LogP contribution is -2.44. The second-order valence-electron chi connectivity index (χ2n) is 7.77. The van der Waals surface area contributed by atoms with Gasteiger partial charge in [0, 0.05) is 20.8 Å². The quantitative estimate of drug-likeness (QED) is 0.782. The third-order valence-electron chi connectivity index (χ3n) is 6.72. The Balaban J connectivity index is 1.37. The van der Waals surface area contributed by atoms with Gasteiger partial charge in [0.25, 0.3) is 5.91 Å². The van der Waals surface area contributed by atoms with Crippen LogP contribution in [0.5, 0.6) is 0 Å². The molecule has 2 saturated carbocycles. The summed E-state index contributed by atoms with van der Waals surface area (Å²) in [6.07, 6.45) is 4.23. The Bertz CT molecular complexity index is 677. The molecular formula is C17H24N4O4. The van der Waals surface area contributed by atoms with E-state index in [0.717, 1.165) is 6.54 Å². The molecule has 1 amide bonds. The molecule has 8 heteroatoms. The van der Waals surface area contributed by atoms with E-state index >= 15 is 0 Å². The first-order valence-corrected chi connectivity index (χ1v) is 9.07. The Hall–Kier alpha value is -1.51. The van der Waals surface area contributed by atoms with Crippen LogP contribution in [0.25, 0.3) is 0 Å². The summed E-state index contributed by atoms with van der Waals surface area (Å²) in [6, 6.07) is 0.171. The van der Waals surface area contributed by atoms with Crippen molar-refractivity contribution in [2.24, 2.45) is 17.8 Å². The van der Waals surface area contributed by atoms with Gasteiger partial charge in [-0.2, -0.15) is 0 Å². The van der Waals surface area contributed by atoms with Gasteiger partial charge in [-0.15, -0.1) is 5.10 Å². The molecule has 0 N–H and O–H groups in total. The predicted octanol–water partition coefficient (Wildman–Crippen LogP) is 0.360. The van der Waals surface area contributed by atoms with E-state index in [2.05, 4.69) is 10.3 Å². The number of aromatic nitrogens is 3. The van der Waals surface area contributed by atoms with Crippen LogP contribution in [0.2, 0.25) is 0 Å². The molecule has 5 rings (SSSR count). The van der Waals surface area contributed by atoms with E-state index in [1.54, 1.807) is 25.1 Å². The highest BCUT2D eigenvalue weighted by Gasteiger charge is 2.60. The topological polar surface area (TPSA) is 78.7 Å². The van der Waals surface area contributed by atoms with E-state index in [1.807, 2.05) is 4.90 Å². The van der Waals surface area contributed by atoms with Crippen LogP contribution in [0.1, 0.15) is 29.4 Å². The van der Waals surface area contributed by atoms with Crippen molar-refractivity contribution >= 4 is 5.91 Å². The van der Waals surface area contributed by atoms with Crippen LogP contribution >= 0.6 is 0 Å². The van der Waals surface area contributed by atoms with E-state index in [-0.39, 0.29) is 30.2 Å². The third-order valence-corrected chi connectivity index (χ3v) is 6.72. The predicted molar refractivity (Wildman–Crippen MR) is 86.0 cm³/mol. The normalized spacial score (nSPS) is 41.8. The first-order chi connectivity index (χ1) is 12.2. The molecule has 1 aromatic heterocycles. The van der Waals surface area contributed by atoms with Crippen LogP contribution in [0.3, 0.4) is 0 Å². The smallest absolute Gasteiger partial charge is 0.276 e. The van der Waals surface area contributed by atoms with E-state index < -0.39 is 0 Å². The third kappa shape index (κ3) is 2.20. The summed E-state index contributed by atoms with van der Waals surface area (Å²) in [5.74, 6) is 1.80. The molecule has 8 nitrogen and oxygen atoms in total.